The Labute approximate surface area is 123 Å². The fraction of sp³-hybridized carbons (Fsp3) is 0.250. The summed E-state index contributed by atoms with van der Waals surface area (Å²) >= 11 is 0. The molecule has 5 nitrogen and oxygen atoms in total. The summed E-state index contributed by atoms with van der Waals surface area (Å²) < 4.78 is 4.95. The number of carbonyl (C=O) groups excluding carboxylic acids is 1. The van der Waals surface area contributed by atoms with Gasteiger partial charge in [0, 0.05) is 11.8 Å². The number of carbonyl (C=O) groups is 1. The number of nitrogens with zero attached hydrogens (tertiary/aromatic N) is 1. The van der Waals surface area contributed by atoms with Crippen molar-refractivity contribution < 1.29 is 14.6 Å². The summed E-state index contributed by atoms with van der Waals surface area (Å²) in [5.41, 5.74) is 2.34. The molecule has 0 aliphatic carbocycles. The molecule has 2 N–H and O–H groups in total. The number of rotatable bonds is 5. The number of amides is 1. The Morgan fingerprint density at radius 3 is 2.86 bits per heavy atom. The number of aryl methyl sites for hydroxylation is 1. The molecule has 110 valence electrons. The highest BCUT2D eigenvalue weighted by atomic mass is 16.5. The van der Waals surface area contributed by atoms with Gasteiger partial charge in [-0.15, -0.1) is 0 Å². The summed E-state index contributed by atoms with van der Waals surface area (Å²) in [6, 6.07) is 8.42. The van der Waals surface area contributed by atoms with Crippen molar-refractivity contribution >= 4 is 5.91 Å². The van der Waals surface area contributed by atoms with E-state index in [0.717, 1.165) is 17.7 Å². The number of pyridine rings is 1. The summed E-state index contributed by atoms with van der Waals surface area (Å²) in [6.07, 6.45) is 2.57. The van der Waals surface area contributed by atoms with Gasteiger partial charge < -0.3 is 15.2 Å². The number of ether oxygens (including phenoxy) is 1. The van der Waals surface area contributed by atoms with Crippen LogP contribution in [0.2, 0.25) is 0 Å². The molecule has 2 rings (SSSR count). The zero-order valence-electron chi connectivity index (χ0n) is 12.1. The van der Waals surface area contributed by atoms with E-state index in [1.807, 2.05) is 19.1 Å². The minimum Gasteiger partial charge on any atom is -0.504 e. The van der Waals surface area contributed by atoms with Crippen molar-refractivity contribution in [2.45, 2.75) is 19.9 Å². The number of benzene rings is 1. The number of phenolic OH excluding ortho intramolecular Hbond substituents is 1. The number of methoxy groups -OCH3 is 1. The molecule has 0 spiro atoms. The lowest BCUT2D eigenvalue weighted by Gasteiger charge is -2.09. The fourth-order valence-electron chi connectivity index (χ4n) is 2.05. The van der Waals surface area contributed by atoms with Crippen molar-refractivity contribution in [3.63, 3.8) is 0 Å². The predicted molar refractivity (Wildman–Crippen MR) is 79.4 cm³/mol. The van der Waals surface area contributed by atoms with Crippen LogP contribution in [0.25, 0.3) is 0 Å². The van der Waals surface area contributed by atoms with Crippen LogP contribution in [0.4, 0.5) is 0 Å². The maximum absolute atomic E-state index is 12.1. The lowest BCUT2D eigenvalue weighted by atomic mass is 10.1. The van der Waals surface area contributed by atoms with Gasteiger partial charge in [0.2, 0.25) is 0 Å². The fourth-order valence-corrected chi connectivity index (χ4v) is 2.05. The molecule has 0 saturated carbocycles. The number of hydrogen-bond donors (Lipinski definition) is 2. The van der Waals surface area contributed by atoms with Crippen molar-refractivity contribution in [1.82, 2.24) is 10.3 Å². The van der Waals surface area contributed by atoms with E-state index in [0.29, 0.717) is 17.9 Å². The summed E-state index contributed by atoms with van der Waals surface area (Å²) in [7, 11) is 1.46. The number of hydrogen-bond acceptors (Lipinski definition) is 4. The number of nitrogens with one attached hydrogen (secondary N) is 1. The molecule has 0 aliphatic rings. The molecule has 1 aromatic heterocycles. The molecule has 0 aliphatic heterocycles. The van der Waals surface area contributed by atoms with Gasteiger partial charge in [0.1, 0.15) is 0 Å². The molecule has 5 heteroatoms. The van der Waals surface area contributed by atoms with E-state index in [1.165, 1.54) is 13.2 Å². The van der Waals surface area contributed by atoms with Gasteiger partial charge in [0.05, 0.1) is 19.3 Å². The number of phenols is 1. The second-order valence-corrected chi connectivity index (χ2v) is 4.53. The molecule has 2 aromatic rings. The minimum atomic E-state index is -0.263. The lowest BCUT2D eigenvalue weighted by molar-refractivity contribution is 0.0950. The van der Waals surface area contributed by atoms with Crippen molar-refractivity contribution in [2.75, 3.05) is 7.11 Å². The van der Waals surface area contributed by atoms with Gasteiger partial charge in [-0.2, -0.15) is 0 Å². The highest BCUT2D eigenvalue weighted by Crippen LogP contribution is 2.26. The Hall–Kier alpha value is -2.56. The van der Waals surface area contributed by atoms with Gasteiger partial charge in [-0.25, -0.2) is 0 Å². The van der Waals surface area contributed by atoms with Gasteiger partial charge in [0.25, 0.3) is 5.91 Å². The second-order valence-electron chi connectivity index (χ2n) is 4.53. The predicted octanol–water partition coefficient (Wildman–Crippen LogP) is 2.29. The average Bonchev–Trinajstić information content (AvgIpc) is 2.52. The van der Waals surface area contributed by atoms with E-state index >= 15 is 0 Å². The quantitative estimate of drug-likeness (QED) is 0.884. The number of aromatic nitrogens is 1. The van der Waals surface area contributed by atoms with Gasteiger partial charge in [-0.3, -0.25) is 9.78 Å². The minimum absolute atomic E-state index is 0.0581. The highest BCUT2D eigenvalue weighted by Gasteiger charge is 2.10. The third kappa shape index (κ3) is 3.51. The maximum Gasteiger partial charge on any atom is 0.251 e. The topological polar surface area (TPSA) is 71.5 Å². The Bertz CT molecular complexity index is 641. The second kappa shape index (κ2) is 6.74. The monoisotopic (exact) mass is 286 g/mol. The van der Waals surface area contributed by atoms with Crippen LogP contribution in [0.1, 0.15) is 28.5 Å². The van der Waals surface area contributed by atoms with Crippen LogP contribution in [-0.4, -0.2) is 23.1 Å². The van der Waals surface area contributed by atoms with Crippen LogP contribution in [0.5, 0.6) is 11.5 Å². The van der Waals surface area contributed by atoms with Crippen molar-refractivity contribution in [3.05, 3.63) is 53.3 Å². The first-order valence-corrected chi connectivity index (χ1v) is 6.73. The third-order valence-corrected chi connectivity index (χ3v) is 3.22. The number of aromatic hydroxyl groups is 1. The highest BCUT2D eigenvalue weighted by molar-refractivity contribution is 5.94. The van der Waals surface area contributed by atoms with Gasteiger partial charge in [-0.1, -0.05) is 13.0 Å². The third-order valence-electron chi connectivity index (χ3n) is 3.22. The average molecular weight is 286 g/mol. The molecule has 0 radical (unpaired) electrons. The lowest BCUT2D eigenvalue weighted by Crippen LogP contribution is -2.23. The van der Waals surface area contributed by atoms with E-state index in [-0.39, 0.29) is 11.7 Å². The standard InChI is InChI=1S/C16H18N2O3/c1-3-11-5-4-8-17-13(11)10-18-16(20)12-6-7-15(21-2)14(19)9-12/h4-9,19H,3,10H2,1-2H3,(H,18,20). The van der Waals surface area contributed by atoms with E-state index in [9.17, 15) is 9.90 Å². The molecular formula is C16H18N2O3. The van der Waals surface area contributed by atoms with Crippen LogP contribution in [0.15, 0.2) is 36.5 Å². The largest absolute Gasteiger partial charge is 0.504 e. The van der Waals surface area contributed by atoms with Gasteiger partial charge in [0.15, 0.2) is 11.5 Å². The summed E-state index contributed by atoms with van der Waals surface area (Å²) in [4.78, 5) is 16.4. The molecule has 0 atom stereocenters. The zero-order chi connectivity index (χ0) is 15.2. The molecule has 0 bridgehead atoms. The molecule has 21 heavy (non-hydrogen) atoms. The summed E-state index contributed by atoms with van der Waals surface area (Å²) in [5, 5.41) is 12.5. The van der Waals surface area contributed by atoms with Crippen LogP contribution in [0.3, 0.4) is 0 Å². The first-order valence-electron chi connectivity index (χ1n) is 6.73. The first kappa shape index (κ1) is 14.8. The van der Waals surface area contributed by atoms with E-state index in [1.54, 1.807) is 18.3 Å². The van der Waals surface area contributed by atoms with Crippen LogP contribution in [0, 0.1) is 0 Å². The van der Waals surface area contributed by atoms with E-state index in [2.05, 4.69) is 10.3 Å². The van der Waals surface area contributed by atoms with Crippen molar-refractivity contribution in [3.8, 4) is 11.5 Å². The van der Waals surface area contributed by atoms with Crippen LogP contribution >= 0.6 is 0 Å². The Kier molecular flexibility index (Phi) is 4.77. The smallest absolute Gasteiger partial charge is 0.251 e. The normalized spacial score (nSPS) is 10.2. The zero-order valence-corrected chi connectivity index (χ0v) is 12.1. The molecular weight excluding hydrogens is 268 g/mol. The first-order chi connectivity index (χ1) is 10.2. The Balaban J connectivity index is 2.06. The molecule has 1 aromatic carbocycles. The molecule has 1 heterocycles. The van der Waals surface area contributed by atoms with Crippen LogP contribution in [-0.2, 0) is 13.0 Å². The molecule has 0 unspecified atom stereocenters. The molecule has 0 fully saturated rings. The molecule has 1 amide bonds. The van der Waals surface area contributed by atoms with Crippen LogP contribution < -0.4 is 10.1 Å². The van der Waals surface area contributed by atoms with Crippen molar-refractivity contribution in [2.24, 2.45) is 0 Å². The Morgan fingerprint density at radius 1 is 1.38 bits per heavy atom. The van der Waals surface area contributed by atoms with E-state index < -0.39 is 0 Å². The van der Waals surface area contributed by atoms with Gasteiger partial charge in [-0.05, 0) is 36.2 Å². The SMILES string of the molecule is CCc1cccnc1CNC(=O)c1ccc(OC)c(O)c1. The van der Waals surface area contributed by atoms with Gasteiger partial charge >= 0.3 is 0 Å². The maximum atomic E-state index is 12.1. The van der Waals surface area contributed by atoms with E-state index in [4.69, 9.17) is 4.74 Å². The summed E-state index contributed by atoms with van der Waals surface area (Å²) in [6.45, 7) is 2.40. The Morgan fingerprint density at radius 2 is 2.19 bits per heavy atom. The van der Waals surface area contributed by atoms with Crippen molar-refractivity contribution in [1.29, 1.82) is 0 Å². The summed E-state index contributed by atoms with van der Waals surface area (Å²) in [5.74, 6) is 0.0161. The molecule has 0 saturated heterocycles.